The molecule has 0 radical (unpaired) electrons. The number of aryl methyl sites for hydroxylation is 2. The van der Waals surface area contributed by atoms with Crippen LogP contribution in [0.4, 0.5) is 0 Å². The lowest BCUT2D eigenvalue weighted by atomic mass is 10.2. The third-order valence-corrected chi connectivity index (χ3v) is 3.90. The highest BCUT2D eigenvalue weighted by molar-refractivity contribution is 9.10. The molecule has 2 aromatic heterocycles. The van der Waals surface area contributed by atoms with Crippen LogP contribution in [0.2, 0.25) is 0 Å². The van der Waals surface area contributed by atoms with E-state index in [4.69, 9.17) is 0 Å². The number of hydrogen-bond donors (Lipinski definition) is 1. The Morgan fingerprint density at radius 1 is 1.22 bits per heavy atom. The molecule has 6 heteroatoms. The molecule has 1 amide bonds. The van der Waals surface area contributed by atoms with Gasteiger partial charge < -0.3 is 0 Å². The topological polar surface area (TPSA) is 58.8 Å². The molecular formula is C17H15BrN4O. The van der Waals surface area contributed by atoms with Gasteiger partial charge in [0, 0.05) is 10.7 Å². The monoisotopic (exact) mass is 370 g/mol. The van der Waals surface area contributed by atoms with E-state index < -0.39 is 0 Å². The van der Waals surface area contributed by atoms with Crippen molar-refractivity contribution in [1.82, 2.24) is 14.8 Å². The normalized spacial score (nSPS) is 11.3. The molecule has 3 aromatic rings. The number of hydrogen-bond acceptors (Lipinski definition) is 3. The largest absolute Gasteiger partial charge is 0.294 e. The number of nitrogens with one attached hydrogen (secondary N) is 1. The Labute approximate surface area is 142 Å². The number of benzene rings is 1. The molecule has 0 atom stereocenters. The maximum Gasteiger partial charge on any atom is 0.290 e. The van der Waals surface area contributed by atoms with Crippen molar-refractivity contribution in [2.24, 2.45) is 5.10 Å². The van der Waals surface area contributed by atoms with E-state index in [0.717, 1.165) is 15.7 Å². The number of amides is 1. The fourth-order valence-corrected chi connectivity index (χ4v) is 2.62. The lowest BCUT2D eigenvalue weighted by Gasteiger charge is -2.02. The number of aromatic nitrogens is 2. The second-order valence-corrected chi connectivity index (χ2v) is 6.15. The lowest BCUT2D eigenvalue weighted by Crippen LogP contribution is -2.20. The second kappa shape index (κ2) is 6.34. The molecular weight excluding hydrogens is 356 g/mol. The smallest absolute Gasteiger partial charge is 0.290 e. The molecule has 0 bridgehead atoms. The Kier molecular flexibility index (Phi) is 4.25. The van der Waals surface area contributed by atoms with Gasteiger partial charge in [-0.25, -0.2) is 10.4 Å². The summed E-state index contributed by atoms with van der Waals surface area (Å²) in [5, 5.41) is 4.02. The average Bonchev–Trinajstić information content (AvgIpc) is 2.84. The minimum absolute atomic E-state index is 0.295. The summed E-state index contributed by atoms with van der Waals surface area (Å²) in [6.07, 6.45) is 3.43. The maximum absolute atomic E-state index is 12.4. The molecule has 23 heavy (non-hydrogen) atoms. The van der Waals surface area contributed by atoms with E-state index in [9.17, 15) is 4.79 Å². The van der Waals surface area contributed by atoms with Gasteiger partial charge in [0.15, 0.2) is 0 Å². The predicted octanol–water partition coefficient (Wildman–Crippen LogP) is 3.48. The minimum atomic E-state index is -0.295. The molecule has 0 aliphatic rings. The number of rotatable bonds is 3. The second-order valence-electron chi connectivity index (χ2n) is 5.23. The number of fused-ring (bicyclic) bond motifs is 1. The molecule has 0 fully saturated rings. The third-order valence-electron chi connectivity index (χ3n) is 3.43. The fraction of sp³-hybridized carbons (Fsp3) is 0.118. The van der Waals surface area contributed by atoms with Crippen LogP contribution in [0.15, 0.2) is 52.2 Å². The van der Waals surface area contributed by atoms with Crippen molar-refractivity contribution < 1.29 is 4.79 Å². The van der Waals surface area contributed by atoms with Crippen molar-refractivity contribution in [3.05, 3.63) is 69.6 Å². The van der Waals surface area contributed by atoms with Crippen LogP contribution in [0.3, 0.4) is 0 Å². The lowest BCUT2D eigenvalue weighted by molar-refractivity contribution is 0.0948. The van der Waals surface area contributed by atoms with Gasteiger partial charge in [-0.1, -0.05) is 29.8 Å². The number of carbonyl (C=O) groups is 1. The average molecular weight is 371 g/mol. The zero-order valence-electron chi connectivity index (χ0n) is 12.7. The summed E-state index contributed by atoms with van der Waals surface area (Å²) in [4.78, 5) is 16.8. The van der Waals surface area contributed by atoms with E-state index in [2.05, 4.69) is 31.4 Å². The van der Waals surface area contributed by atoms with E-state index in [1.54, 1.807) is 17.5 Å². The number of halogens is 1. The highest BCUT2D eigenvalue weighted by Crippen LogP contribution is 2.16. The SMILES string of the molecule is Cc1ccc(/C=N\NC(=O)c2c(C)nc3ccc(Br)cn23)cc1. The number of pyridine rings is 1. The van der Waals surface area contributed by atoms with E-state index in [1.807, 2.05) is 49.5 Å². The Morgan fingerprint density at radius 2 is 1.96 bits per heavy atom. The van der Waals surface area contributed by atoms with Crippen LogP contribution >= 0.6 is 15.9 Å². The van der Waals surface area contributed by atoms with E-state index in [0.29, 0.717) is 11.4 Å². The summed E-state index contributed by atoms with van der Waals surface area (Å²) in [6, 6.07) is 11.6. The van der Waals surface area contributed by atoms with Crippen molar-refractivity contribution in [3.63, 3.8) is 0 Å². The van der Waals surface area contributed by atoms with Crippen molar-refractivity contribution in [1.29, 1.82) is 0 Å². The Morgan fingerprint density at radius 3 is 2.70 bits per heavy atom. The summed E-state index contributed by atoms with van der Waals surface area (Å²) >= 11 is 3.40. The van der Waals surface area contributed by atoms with Gasteiger partial charge in [-0.2, -0.15) is 5.10 Å². The van der Waals surface area contributed by atoms with Crippen molar-refractivity contribution >= 4 is 33.7 Å². The standard InChI is InChI=1S/C17H15BrN4O/c1-11-3-5-13(6-4-11)9-19-21-17(23)16-12(2)20-15-8-7-14(18)10-22(15)16/h3-10H,1-2H3,(H,21,23)/b19-9-. The van der Waals surface area contributed by atoms with Crippen molar-refractivity contribution in [2.75, 3.05) is 0 Å². The summed E-state index contributed by atoms with van der Waals surface area (Å²) < 4.78 is 2.62. The van der Waals surface area contributed by atoms with Crippen LogP contribution in [-0.2, 0) is 0 Å². The van der Waals surface area contributed by atoms with E-state index >= 15 is 0 Å². The first-order valence-corrected chi connectivity index (χ1v) is 7.88. The van der Waals surface area contributed by atoms with Gasteiger partial charge in [-0.15, -0.1) is 0 Å². The number of nitrogens with zero attached hydrogens (tertiary/aromatic N) is 3. The summed E-state index contributed by atoms with van der Waals surface area (Å²) in [6.45, 7) is 3.83. The Hall–Kier alpha value is -2.47. The molecule has 0 aliphatic heterocycles. The molecule has 0 saturated carbocycles. The zero-order valence-corrected chi connectivity index (χ0v) is 14.3. The first kappa shape index (κ1) is 15.4. The zero-order chi connectivity index (χ0) is 16.4. The quantitative estimate of drug-likeness (QED) is 0.566. The molecule has 0 unspecified atom stereocenters. The fourth-order valence-electron chi connectivity index (χ4n) is 2.28. The van der Waals surface area contributed by atoms with Gasteiger partial charge in [-0.3, -0.25) is 9.20 Å². The number of imidazole rings is 1. The first-order chi connectivity index (χ1) is 11.0. The third kappa shape index (κ3) is 3.32. The first-order valence-electron chi connectivity index (χ1n) is 7.09. The van der Waals surface area contributed by atoms with Gasteiger partial charge >= 0.3 is 0 Å². The highest BCUT2D eigenvalue weighted by Gasteiger charge is 2.16. The molecule has 0 aliphatic carbocycles. The van der Waals surface area contributed by atoms with Crippen LogP contribution < -0.4 is 5.43 Å². The molecule has 1 aromatic carbocycles. The van der Waals surface area contributed by atoms with Gasteiger partial charge in [0.25, 0.3) is 5.91 Å². The molecule has 2 heterocycles. The molecule has 0 spiro atoms. The van der Waals surface area contributed by atoms with Gasteiger partial charge in [-0.05, 0) is 47.5 Å². The molecule has 116 valence electrons. The predicted molar refractivity (Wildman–Crippen MR) is 93.9 cm³/mol. The van der Waals surface area contributed by atoms with Crippen LogP contribution in [0.1, 0.15) is 27.3 Å². The van der Waals surface area contributed by atoms with Gasteiger partial charge in [0.1, 0.15) is 11.3 Å². The van der Waals surface area contributed by atoms with Crippen LogP contribution in [0.25, 0.3) is 5.65 Å². The summed E-state index contributed by atoms with van der Waals surface area (Å²) in [5.41, 5.74) is 6.51. The van der Waals surface area contributed by atoms with Crippen LogP contribution in [0, 0.1) is 13.8 Å². The minimum Gasteiger partial charge on any atom is -0.294 e. The van der Waals surface area contributed by atoms with Crippen molar-refractivity contribution in [3.8, 4) is 0 Å². The molecule has 5 nitrogen and oxygen atoms in total. The van der Waals surface area contributed by atoms with Crippen LogP contribution in [0.5, 0.6) is 0 Å². The maximum atomic E-state index is 12.4. The number of hydrazone groups is 1. The van der Waals surface area contributed by atoms with Crippen LogP contribution in [-0.4, -0.2) is 21.5 Å². The molecule has 0 saturated heterocycles. The highest BCUT2D eigenvalue weighted by atomic mass is 79.9. The summed E-state index contributed by atoms with van der Waals surface area (Å²) in [5.74, 6) is -0.295. The Bertz CT molecular complexity index is 897. The Balaban J connectivity index is 1.82. The van der Waals surface area contributed by atoms with Crippen molar-refractivity contribution in [2.45, 2.75) is 13.8 Å². The summed E-state index contributed by atoms with van der Waals surface area (Å²) in [7, 11) is 0. The van der Waals surface area contributed by atoms with E-state index in [1.165, 1.54) is 5.56 Å². The number of carbonyl (C=O) groups excluding carboxylic acids is 1. The molecule has 3 rings (SSSR count). The van der Waals surface area contributed by atoms with Gasteiger partial charge in [0.2, 0.25) is 0 Å². The van der Waals surface area contributed by atoms with E-state index in [-0.39, 0.29) is 5.91 Å². The molecule has 1 N–H and O–H groups in total. The van der Waals surface area contributed by atoms with Gasteiger partial charge in [0.05, 0.1) is 11.9 Å².